The van der Waals surface area contributed by atoms with Crippen molar-refractivity contribution in [3.05, 3.63) is 65.5 Å². The predicted octanol–water partition coefficient (Wildman–Crippen LogP) is 7.78. The van der Waals surface area contributed by atoms with Crippen LogP contribution < -0.4 is 4.74 Å². The molecular weight excluding hydrogens is 497 g/mol. The van der Waals surface area contributed by atoms with Gasteiger partial charge in [-0.3, -0.25) is 0 Å². The summed E-state index contributed by atoms with van der Waals surface area (Å²) in [7, 11) is -1.99. The van der Waals surface area contributed by atoms with Crippen LogP contribution in [0.15, 0.2) is 48.5 Å². The number of ether oxygens (including phenoxy) is 2. The van der Waals surface area contributed by atoms with Gasteiger partial charge in [0, 0.05) is 19.0 Å². The summed E-state index contributed by atoms with van der Waals surface area (Å²) in [4.78, 5) is 14.9. The Morgan fingerprint density at radius 2 is 1.71 bits per heavy atom. The Labute approximate surface area is 229 Å². The topological polar surface area (TPSA) is 48.0 Å². The van der Waals surface area contributed by atoms with E-state index in [4.69, 9.17) is 13.9 Å². The van der Waals surface area contributed by atoms with E-state index in [2.05, 4.69) is 46.0 Å². The summed E-state index contributed by atoms with van der Waals surface area (Å²) in [5.74, 6) is 0.427. The van der Waals surface area contributed by atoms with E-state index < -0.39 is 13.9 Å². The van der Waals surface area contributed by atoms with Crippen molar-refractivity contribution in [2.45, 2.75) is 103 Å². The fraction of sp³-hybridized carbons (Fsp3) is 0.581. The molecule has 0 bridgehead atoms. The van der Waals surface area contributed by atoms with Crippen LogP contribution in [0.3, 0.4) is 0 Å². The maximum absolute atomic E-state index is 14.1. The zero-order chi connectivity index (χ0) is 28.1. The number of carbonyl (C=O) groups excluding carboxylic acids is 1. The van der Waals surface area contributed by atoms with Crippen LogP contribution in [0, 0.1) is 5.82 Å². The molecule has 38 heavy (non-hydrogen) atoms. The van der Waals surface area contributed by atoms with Crippen LogP contribution >= 0.6 is 0 Å². The van der Waals surface area contributed by atoms with Crippen molar-refractivity contribution >= 4 is 14.4 Å². The van der Waals surface area contributed by atoms with Crippen LogP contribution in [0.1, 0.15) is 65.5 Å². The largest absolute Gasteiger partial charge is 0.493 e. The SMILES string of the molecule is CC(C)(C)OC(=O)N1CC(O[Si](C)(C)C(C)(C)C)CC1CCOc1ccc(F)cc1CCc1ccccc1. The molecule has 1 saturated heterocycles. The summed E-state index contributed by atoms with van der Waals surface area (Å²) in [6.45, 7) is 17.7. The monoisotopic (exact) mass is 543 g/mol. The number of carbonyl (C=O) groups is 1. The number of benzene rings is 2. The van der Waals surface area contributed by atoms with Gasteiger partial charge < -0.3 is 18.8 Å². The molecule has 3 rings (SSSR count). The van der Waals surface area contributed by atoms with Crippen LogP contribution in [0.25, 0.3) is 0 Å². The van der Waals surface area contributed by atoms with Gasteiger partial charge in [0.15, 0.2) is 8.32 Å². The third-order valence-corrected chi connectivity index (χ3v) is 12.1. The lowest BCUT2D eigenvalue weighted by atomic mass is 10.0. The first-order valence-corrected chi connectivity index (χ1v) is 16.7. The van der Waals surface area contributed by atoms with E-state index in [1.807, 2.05) is 43.9 Å². The van der Waals surface area contributed by atoms with Gasteiger partial charge in [0.05, 0.1) is 12.7 Å². The molecule has 7 heteroatoms. The average molecular weight is 544 g/mol. The van der Waals surface area contributed by atoms with Gasteiger partial charge in [-0.1, -0.05) is 51.1 Å². The fourth-order valence-corrected chi connectivity index (χ4v) is 5.84. The lowest BCUT2D eigenvalue weighted by Gasteiger charge is -2.38. The van der Waals surface area contributed by atoms with Crippen molar-refractivity contribution in [2.24, 2.45) is 0 Å². The van der Waals surface area contributed by atoms with Crippen molar-refractivity contribution in [1.82, 2.24) is 4.90 Å². The highest BCUT2D eigenvalue weighted by atomic mass is 28.4. The highest BCUT2D eigenvalue weighted by molar-refractivity contribution is 6.74. The summed E-state index contributed by atoms with van der Waals surface area (Å²) >= 11 is 0. The molecular formula is C31H46FNO4Si. The molecule has 210 valence electrons. The van der Waals surface area contributed by atoms with Crippen LogP contribution in [-0.4, -0.2) is 50.2 Å². The van der Waals surface area contributed by atoms with Crippen molar-refractivity contribution in [1.29, 1.82) is 0 Å². The molecule has 1 aliphatic heterocycles. The van der Waals surface area contributed by atoms with E-state index in [0.29, 0.717) is 31.7 Å². The molecule has 2 unspecified atom stereocenters. The van der Waals surface area contributed by atoms with E-state index >= 15 is 0 Å². The van der Waals surface area contributed by atoms with Gasteiger partial charge in [-0.2, -0.15) is 0 Å². The van der Waals surface area contributed by atoms with Crippen LogP contribution in [0.5, 0.6) is 5.75 Å². The highest BCUT2D eigenvalue weighted by Crippen LogP contribution is 2.39. The molecule has 0 radical (unpaired) electrons. The number of likely N-dealkylation sites (tertiary alicyclic amines) is 1. The molecule has 5 nitrogen and oxygen atoms in total. The van der Waals surface area contributed by atoms with E-state index in [0.717, 1.165) is 18.4 Å². The van der Waals surface area contributed by atoms with E-state index in [1.54, 1.807) is 12.1 Å². The number of rotatable bonds is 9. The third-order valence-electron chi connectivity index (χ3n) is 7.53. The third kappa shape index (κ3) is 8.57. The second-order valence-electron chi connectivity index (χ2n) is 12.9. The zero-order valence-electron chi connectivity index (χ0n) is 24.5. The van der Waals surface area contributed by atoms with Crippen molar-refractivity contribution in [2.75, 3.05) is 13.2 Å². The summed E-state index contributed by atoms with van der Waals surface area (Å²) < 4.78 is 32.6. The summed E-state index contributed by atoms with van der Waals surface area (Å²) in [6.07, 6.45) is 2.55. The maximum atomic E-state index is 14.1. The van der Waals surface area contributed by atoms with Gasteiger partial charge in [0.1, 0.15) is 17.2 Å². The van der Waals surface area contributed by atoms with Gasteiger partial charge in [-0.05, 0) is 87.5 Å². The molecule has 1 amide bonds. The first-order valence-electron chi connectivity index (χ1n) is 13.8. The minimum Gasteiger partial charge on any atom is -0.493 e. The molecule has 0 N–H and O–H groups in total. The molecule has 2 aromatic carbocycles. The Balaban J connectivity index is 1.67. The van der Waals surface area contributed by atoms with Gasteiger partial charge in [0.2, 0.25) is 0 Å². The Hall–Kier alpha value is -2.38. The molecule has 1 fully saturated rings. The van der Waals surface area contributed by atoms with E-state index in [1.165, 1.54) is 11.6 Å². The summed E-state index contributed by atoms with van der Waals surface area (Å²) in [5, 5.41) is 0.0870. The van der Waals surface area contributed by atoms with Gasteiger partial charge in [-0.25, -0.2) is 9.18 Å². The van der Waals surface area contributed by atoms with Gasteiger partial charge >= 0.3 is 6.09 Å². The minimum absolute atomic E-state index is 0.0272. The molecule has 0 saturated carbocycles. The second-order valence-corrected chi connectivity index (χ2v) is 17.7. The zero-order valence-corrected chi connectivity index (χ0v) is 25.5. The Bertz CT molecular complexity index is 1060. The Kier molecular flexibility index (Phi) is 9.69. The number of hydrogen-bond donors (Lipinski definition) is 0. The van der Waals surface area contributed by atoms with Crippen molar-refractivity contribution in [3.8, 4) is 5.75 Å². The fourth-order valence-electron chi connectivity index (χ4n) is 4.48. The summed E-state index contributed by atoms with van der Waals surface area (Å²) in [5.41, 5.74) is 1.48. The molecule has 1 heterocycles. The minimum atomic E-state index is -1.99. The Morgan fingerprint density at radius 1 is 1.03 bits per heavy atom. The number of amides is 1. The number of nitrogens with zero attached hydrogens (tertiary/aromatic N) is 1. The lowest BCUT2D eigenvalue weighted by molar-refractivity contribution is 0.0196. The van der Waals surface area contributed by atoms with E-state index in [9.17, 15) is 9.18 Å². The number of aryl methyl sites for hydroxylation is 2. The van der Waals surface area contributed by atoms with Crippen LogP contribution in [-0.2, 0) is 22.0 Å². The normalized spacial score (nSPS) is 18.5. The van der Waals surface area contributed by atoms with Gasteiger partial charge in [-0.15, -0.1) is 0 Å². The van der Waals surface area contributed by atoms with Crippen LogP contribution in [0.2, 0.25) is 18.1 Å². The first kappa shape index (κ1) is 30.2. The van der Waals surface area contributed by atoms with Crippen molar-refractivity contribution < 1.29 is 23.1 Å². The Morgan fingerprint density at radius 3 is 2.34 bits per heavy atom. The smallest absolute Gasteiger partial charge is 0.410 e. The first-order chi connectivity index (χ1) is 17.6. The molecule has 2 aromatic rings. The van der Waals surface area contributed by atoms with E-state index in [-0.39, 0.29) is 29.1 Å². The van der Waals surface area contributed by atoms with Gasteiger partial charge in [0.25, 0.3) is 0 Å². The molecule has 2 atom stereocenters. The number of halogens is 1. The van der Waals surface area contributed by atoms with Crippen LogP contribution in [0.4, 0.5) is 9.18 Å². The molecule has 0 aliphatic carbocycles. The maximum Gasteiger partial charge on any atom is 0.410 e. The quantitative estimate of drug-likeness (QED) is 0.303. The standard InChI is InChI=1S/C31H46FNO4Si/c1-30(2,3)36-29(34)33-22-27(37-38(7,8)31(4,5)6)21-26(33)18-19-35-28-17-16-25(32)20-24(28)15-14-23-12-10-9-11-13-23/h9-13,16-17,20,26-27H,14-15,18-19,21-22H2,1-8H3. The summed E-state index contributed by atoms with van der Waals surface area (Å²) in [6, 6.07) is 14.8. The lowest BCUT2D eigenvalue weighted by Crippen LogP contribution is -2.45. The highest BCUT2D eigenvalue weighted by Gasteiger charge is 2.44. The second kappa shape index (κ2) is 12.2. The molecule has 1 aliphatic rings. The average Bonchev–Trinajstić information content (AvgIpc) is 3.19. The molecule has 0 spiro atoms. The molecule has 0 aromatic heterocycles. The van der Waals surface area contributed by atoms with Crippen molar-refractivity contribution in [3.63, 3.8) is 0 Å². The number of hydrogen-bond acceptors (Lipinski definition) is 4. The predicted molar refractivity (Wildman–Crippen MR) is 154 cm³/mol.